The van der Waals surface area contributed by atoms with E-state index >= 15 is 0 Å². The van der Waals surface area contributed by atoms with Crippen molar-refractivity contribution in [1.82, 2.24) is 20.2 Å². The predicted octanol–water partition coefficient (Wildman–Crippen LogP) is 2.39. The molecule has 2 aliphatic carbocycles. The van der Waals surface area contributed by atoms with Gasteiger partial charge in [0.25, 0.3) is 0 Å². The molecule has 2 saturated carbocycles. The maximum absolute atomic E-state index is 13.6. The molecule has 3 aliphatic rings. The number of H-pyrrole nitrogens is 1. The number of aliphatic hydroxyl groups is 1. The third-order valence-corrected chi connectivity index (χ3v) is 7.05. The molecule has 3 fully saturated rings. The molecule has 0 spiro atoms. The van der Waals surface area contributed by atoms with E-state index in [9.17, 15) is 18.7 Å². The van der Waals surface area contributed by atoms with Gasteiger partial charge in [0, 0.05) is 61.7 Å². The van der Waals surface area contributed by atoms with Crippen LogP contribution < -0.4 is 5.32 Å². The summed E-state index contributed by atoms with van der Waals surface area (Å²) in [6.45, 7) is 6.16. The van der Waals surface area contributed by atoms with Gasteiger partial charge in [0.2, 0.25) is 11.8 Å². The fourth-order valence-electron chi connectivity index (χ4n) is 5.21. The third kappa shape index (κ3) is 4.93. The van der Waals surface area contributed by atoms with Crippen molar-refractivity contribution in [3.8, 4) is 0 Å². The van der Waals surface area contributed by atoms with Gasteiger partial charge in [-0.1, -0.05) is 13.8 Å². The monoisotopic (exact) mass is 440 g/mol. The lowest BCUT2D eigenvalue weighted by atomic mass is 9.90. The Bertz CT molecular complexity index is 756. The lowest BCUT2D eigenvalue weighted by molar-refractivity contribution is -0.142. The lowest BCUT2D eigenvalue weighted by Gasteiger charge is -2.33. The molecule has 7 nitrogen and oxygen atoms in total. The van der Waals surface area contributed by atoms with E-state index in [2.05, 4.69) is 15.3 Å². The van der Waals surface area contributed by atoms with Crippen LogP contribution in [0.3, 0.4) is 0 Å². The highest BCUT2D eigenvalue weighted by Crippen LogP contribution is 2.41. The summed E-state index contributed by atoms with van der Waals surface area (Å²) in [7, 11) is 0. The van der Waals surface area contributed by atoms with Crippen LogP contribution in [0.25, 0.3) is 0 Å². The number of nitrogens with one attached hydrogen (secondary N) is 2. The van der Waals surface area contributed by atoms with Crippen molar-refractivity contribution in [2.24, 2.45) is 5.92 Å². The highest BCUT2D eigenvalue weighted by Gasteiger charge is 2.49. The standard InChI is InChI=1S/C22H34F2N4O3/c1-13(2)20-25-12-17(27-20)18-16(26-14-3-5-22(23,24)6-4-14)11-15(19(18)29)21(30)28-7-9-31-10-8-28/h12-16,18-19,26,29H,3-11H2,1-2H3,(H,25,27)/t15-,16+,18+,19+/m0/s1. The number of aromatic amines is 1. The first kappa shape index (κ1) is 22.6. The largest absolute Gasteiger partial charge is 0.392 e. The summed E-state index contributed by atoms with van der Waals surface area (Å²) in [5.41, 5.74) is 0.798. The van der Waals surface area contributed by atoms with E-state index in [4.69, 9.17) is 4.74 Å². The van der Waals surface area contributed by atoms with Gasteiger partial charge >= 0.3 is 0 Å². The van der Waals surface area contributed by atoms with Gasteiger partial charge in [-0.2, -0.15) is 0 Å². The number of hydrogen-bond donors (Lipinski definition) is 3. The van der Waals surface area contributed by atoms with E-state index in [1.54, 1.807) is 11.1 Å². The Hall–Kier alpha value is -1.58. The Morgan fingerprint density at radius 2 is 2.00 bits per heavy atom. The zero-order valence-electron chi connectivity index (χ0n) is 18.3. The fourth-order valence-corrected chi connectivity index (χ4v) is 5.21. The average molecular weight is 441 g/mol. The Morgan fingerprint density at radius 1 is 1.32 bits per heavy atom. The summed E-state index contributed by atoms with van der Waals surface area (Å²) in [6, 6.07) is -0.216. The molecule has 1 saturated heterocycles. The number of halogens is 2. The van der Waals surface area contributed by atoms with Crippen LogP contribution >= 0.6 is 0 Å². The number of nitrogens with zero attached hydrogens (tertiary/aromatic N) is 2. The minimum absolute atomic E-state index is 0.0379. The van der Waals surface area contributed by atoms with Gasteiger partial charge in [0.15, 0.2) is 0 Å². The molecule has 174 valence electrons. The zero-order valence-corrected chi connectivity index (χ0v) is 18.3. The number of amides is 1. The minimum Gasteiger partial charge on any atom is -0.392 e. The second-order valence-corrected chi connectivity index (χ2v) is 9.58. The summed E-state index contributed by atoms with van der Waals surface area (Å²) in [4.78, 5) is 22.7. The number of ether oxygens (including phenoxy) is 1. The van der Waals surface area contributed by atoms with Crippen LogP contribution in [0.1, 0.15) is 69.3 Å². The van der Waals surface area contributed by atoms with E-state index in [0.717, 1.165) is 11.5 Å². The molecule has 2 heterocycles. The highest BCUT2D eigenvalue weighted by molar-refractivity contribution is 5.80. The molecule has 1 amide bonds. The van der Waals surface area contributed by atoms with E-state index < -0.39 is 17.9 Å². The maximum atomic E-state index is 13.6. The van der Waals surface area contributed by atoms with Gasteiger partial charge in [0.05, 0.1) is 25.2 Å². The van der Waals surface area contributed by atoms with E-state index in [-0.39, 0.29) is 42.7 Å². The summed E-state index contributed by atoms with van der Waals surface area (Å²) >= 11 is 0. The molecule has 1 aliphatic heterocycles. The molecule has 4 rings (SSSR count). The van der Waals surface area contributed by atoms with Gasteiger partial charge in [0.1, 0.15) is 5.82 Å². The Balaban J connectivity index is 1.53. The molecular weight excluding hydrogens is 406 g/mol. The third-order valence-electron chi connectivity index (χ3n) is 7.05. The van der Waals surface area contributed by atoms with Crippen molar-refractivity contribution in [3.05, 3.63) is 17.7 Å². The van der Waals surface area contributed by atoms with Crippen LogP contribution in [-0.2, 0) is 9.53 Å². The molecule has 4 atom stereocenters. The molecule has 3 N–H and O–H groups in total. The number of rotatable bonds is 5. The summed E-state index contributed by atoms with van der Waals surface area (Å²) < 4.78 is 32.6. The Labute approximate surface area is 181 Å². The molecule has 0 bridgehead atoms. The van der Waals surface area contributed by atoms with Crippen LogP contribution in [0.2, 0.25) is 0 Å². The first-order valence-electron chi connectivity index (χ1n) is 11.5. The van der Waals surface area contributed by atoms with Gasteiger partial charge in [-0.25, -0.2) is 13.8 Å². The minimum atomic E-state index is -2.59. The summed E-state index contributed by atoms with van der Waals surface area (Å²) in [6.07, 6.45) is 1.91. The van der Waals surface area contributed by atoms with Crippen LogP contribution in [-0.4, -0.2) is 76.3 Å². The van der Waals surface area contributed by atoms with Crippen LogP contribution in [0.5, 0.6) is 0 Å². The fraction of sp³-hybridized carbons (Fsp3) is 0.818. The molecule has 0 radical (unpaired) electrons. The molecular formula is C22H34F2N4O3. The molecule has 31 heavy (non-hydrogen) atoms. The van der Waals surface area contributed by atoms with Crippen LogP contribution in [0, 0.1) is 5.92 Å². The van der Waals surface area contributed by atoms with Crippen molar-refractivity contribution in [1.29, 1.82) is 0 Å². The zero-order chi connectivity index (χ0) is 22.2. The SMILES string of the molecule is CC(C)c1ncc([C@@H]2[C@H](O)[C@@H](C(=O)N3CCOCC3)C[C@H]2NC2CCC(F)(F)CC2)[nH]1. The molecule has 1 aromatic heterocycles. The number of aromatic nitrogens is 2. The lowest BCUT2D eigenvalue weighted by Crippen LogP contribution is -2.45. The van der Waals surface area contributed by atoms with Gasteiger partial charge in [-0.15, -0.1) is 0 Å². The van der Waals surface area contributed by atoms with Crippen molar-refractivity contribution in [3.63, 3.8) is 0 Å². The highest BCUT2D eigenvalue weighted by atomic mass is 19.3. The summed E-state index contributed by atoms with van der Waals surface area (Å²) in [5.74, 6) is -2.46. The molecule has 0 aromatic carbocycles. The average Bonchev–Trinajstić information content (AvgIpc) is 3.34. The Kier molecular flexibility index (Phi) is 6.65. The van der Waals surface area contributed by atoms with Gasteiger partial charge < -0.3 is 25.0 Å². The number of carbonyl (C=O) groups is 1. The topological polar surface area (TPSA) is 90.5 Å². The number of carbonyl (C=O) groups excluding carboxylic acids is 1. The van der Waals surface area contributed by atoms with Gasteiger partial charge in [-0.3, -0.25) is 4.79 Å². The number of morpholine rings is 1. The second-order valence-electron chi connectivity index (χ2n) is 9.58. The van der Waals surface area contributed by atoms with Crippen LogP contribution in [0.4, 0.5) is 8.78 Å². The van der Waals surface area contributed by atoms with E-state index in [0.29, 0.717) is 45.6 Å². The van der Waals surface area contributed by atoms with E-state index in [1.165, 1.54) is 0 Å². The quantitative estimate of drug-likeness (QED) is 0.654. The van der Waals surface area contributed by atoms with Crippen molar-refractivity contribution in [2.75, 3.05) is 26.3 Å². The van der Waals surface area contributed by atoms with Crippen molar-refractivity contribution < 1.29 is 23.4 Å². The molecule has 0 unspecified atom stereocenters. The van der Waals surface area contributed by atoms with Crippen LogP contribution in [0.15, 0.2) is 6.20 Å². The number of imidazole rings is 1. The molecule has 9 heteroatoms. The first-order valence-corrected chi connectivity index (χ1v) is 11.5. The normalized spacial score (nSPS) is 32.0. The predicted molar refractivity (Wildman–Crippen MR) is 111 cm³/mol. The van der Waals surface area contributed by atoms with Gasteiger partial charge in [-0.05, 0) is 19.3 Å². The maximum Gasteiger partial charge on any atom is 0.248 e. The number of alkyl halides is 2. The van der Waals surface area contributed by atoms with E-state index in [1.807, 2.05) is 13.8 Å². The van der Waals surface area contributed by atoms with Crippen molar-refractivity contribution in [2.45, 2.75) is 81.9 Å². The van der Waals surface area contributed by atoms with Crippen molar-refractivity contribution >= 4 is 5.91 Å². The number of hydrogen-bond acceptors (Lipinski definition) is 5. The summed E-state index contributed by atoms with van der Waals surface area (Å²) in [5, 5.41) is 14.8. The number of aliphatic hydroxyl groups excluding tert-OH is 1. The first-order chi connectivity index (χ1) is 14.7. The Morgan fingerprint density at radius 3 is 2.61 bits per heavy atom. The smallest absolute Gasteiger partial charge is 0.248 e. The molecule has 1 aromatic rings. The second kappa shape index (κ2) is 9.11.